The summed E-state index contributed by atoms with van der Waals surface area (Å²) in [5.74, 6) is -3.25. The molecule has 0 aliphatic heterocycles. The van der Waals surface area contributed by atoms with Gasteiger partial charge in [-0.1, -0.05) is 11.6 Å². The van der Waals surface area contributed by atoms with Gasteiger partial charge in [0.05, 0.1) is 24.0 Å². The van der Waals surface area contributed by atoms with Crippen molar-refractivity contribution in [3.63, 3.8) is 0 Å². The maximum atomic E-state index is 15.0. The van der Waals surface area contributed by atoms with E-state index in [1.807, 2.05) is 4.72 Å². The van der Waals surface area contributed by atoms with Crippen LogP contribution in [-0.4, -0.2) is 35.7 Å². The Bertz CT molecular complexity index is 1410. The molecule has 4 aromatic rings. The molecule has 9 nitrogen and oxygen atoms in total. The van der Waals surface area contributed by atoms with Crippen molar-refractivity contribution >= 4 is 38.3 Å². The molecule has 0 amide bonds. The SMILES string of the molecule is COc1ncc(Cl)cc1S(=O)(=O)Nc1ccc(F)c(OCc2cnc3[nH]ncc3c2)c1F. The first kappa shape index (κ1) is 21.7. The number of benzene rings is 1. The first-order valence-corrected chi connectivity index (χ1v) is 10.8. The molecule has 0 fully saturated rings. The number of nitrogens with one attached hydrogen (secondary N) is 2. The van der Waals surface area contributed by atoms with Crippen LogP contribution >= 0.6 is 11.6 Å². The minimum Gasteiger partial charge on any atom is -0.483 e. The number of pyridine rings is 2. The Labute approximate surface area is 185 Å². The lowest BCUT2D eigenvalue weighted by molar-refractivity contribution is 0.274. The molecular formula is C19H14ClF2N5O4S. The van der Waals surface area contributed by atoms with Gasteiger partial charge < -0.3 is 9.47 Å². The highest BCUT2D eigenvalue weighted by molar-refractivity contribution is 7.92. The predicted octanol–water partition coefficient (Wildman–Crippen LogP) is 3.67. The number of aromatic amines is 1. The Kier molecular flexibility index (Phi) is 5.80. The summed E-state index contributed by atoms with van der Waals surface area (Å²) >= 11 is 5.82. The Hall–Kier alpha value is -3.51. The zero-order valence-electron chi connectivity index (χ0n) is 16.3. The number of H-pyrrole nitrogens is 1. The number of sulfonamides is 1. The zero-order chi connectivity index (χ0) is 22.9. The minimum atomic E-state index is -4.38. The second-order valence-electron chi connectivity index (χ2n) is 6.44. The molecule has 0 spiro atoms. The summed E-state index contributed by atoms with van der Waals surface area (Å²) in [4.78, 5) is 7.47. The molecule has 0 saturated heterocycles. The van der Waals surface area contributed by atoms with Crippen LogP contribution in [0.1, 0.15) is 5.56 Å². The molecule has 2 N–H and O–H groups in total. The van der Waals surface area contributed by atoms with Crippen LogP contribution in [0, 0.1) is 11.6 Å². The number of hydrogen-bond acceptors (Lipinski definition) is 7. The molecule has 166 valence electrons. The normalized spacial score (nSPS) is 11.5. The van der Waals surface area contributed by atoms with Crippen molar-refractivity contribution < 1.29 is 26.7 Å². The molecule has 0 atom stereocenters. The van der Waals surface area contributed by atoms with Crippen molar-refractivity contribution in [1.82, 2.24) is 20.2 Å². The molecule has 1 aromatic carbocycles. The van der Waals surface area contributed by atoms with Gasteiger partial charge in [0.1, 0.15) is 6.61 Å². The molecule has 32 heavy (non-hydrogen) atoms. The van der Waals surface area contributed by atoms with E-state index in [2.05, 4.69) is 20.2 Å². The molecule has 0 unspecified atom stereocenters. The van der Waals surface area contributed by atoms with Gasteiger partial charge in [-0.15, -0.1) is 0 Å². The van der Waals surface area contributed by atoms with Gasteiger partial charge in [-0.25, -0.2) is 27.2 Å². The quantitative estimate of drug-likeness (QED) is 0.413. The highest BCUT2D eigenvalue weighted by Crippen LogP contribution is 2.32. The number of halogens is 3. The number of hydrogen-bond donors (Lipinski definition) is 2. The van der Waals surface area contributed by atoms with Gasteiger partial charge in [0.25, 0.3) is 10.0 Å². The van der Waals surface area contributed by atoms with E-state index in [4.69, 9.17) is 21.1 Å². The maximum absolute atomic E-state index is 15.0. The monoisotopic (exact) mass is 481 g/mol. The second kappa shape index (κ2) is 8.55. The summed E-state index contributed by atoms with van der Waals surface area (Å²) in [6.07, 6.45) is 4.20. The molecule has 4 rings (SSSR count). The fourth-order valence-corrected chi connectivity index (χ4v) is 4.24. The van der Waals surface area contributed by atoms with Crippen LogP contribution in [0.2, 0.25) is 5.02 Å². The van der Waals surface area contributed by atoms with E-state index >= 15 is 0 Å². The first-order valence-electron chi connectivity index (χ1n) is 8.89. The molecule has 0 aliphatic rings. The van der Waals surface area contributed by atoms with Crippen molar-refractivity contribution in [3.05, 3.63) is 65.1 Å². The van der Waals surface area contributed by atoms with Gasteiger partial charge in [-0.3, -0.25) is 9.82 Å². The van der Waals surface area contributed by atoms with E-state index in [0.29, 0.717) is 16.6 Å². The highest BCUT2D eigenvalue weighted by atomic mass is 35.5. The smallest absolute Gasteiger partial charge is 0.267 e. The Morgan fingerprint density at radius 2 is 1.97 bits per heavy atom. The van der Waals surface area contributed by atoms with E-state index in [-0.39, 0.29) is 17.5 Å². The molecule has 0 bridgehead atoms. The average Bonchev–Trinajstić information content (AvgIpc) is 3.23. The van der Waals surface area contributed by atoms with Gasteiger partial charge in [0, 0.05) is 23.3 Å². The van der Waals surface area contributed by atoms with Crippen LogP contribution in [0.3, 0.4) is 0 Å². The predicted molar refractivity (Wildman–Crippen MR) is 111 cm³/mol. The molecule has 13 heteroatoms. The fraction of sp³-hybridized carbons (Fsp3) is 0.105. The van der Waals surface area contributed by atoms with Gasteiger partial charge in [0.2, 0.25) is 5.88 Å². The van der Waals surface area contributed by atoms with Crippen molar-refractivity contribution in [2.45, 2.75) is 11.5 Å². The molecular weight excluding hydrogens is 468 g/mol. The molecule has 0 radical (unpaired) electrons. The standard InChI is InChI=1S/C19H14ClF2N5O4S/c1-30-19-15(5-12(20)8-24-19)32(28,29)27-14-3-2-13(21)17(16(14)22)31-9-10-4-11-7-25-26-18(11)23-6-10/h2-8,27H,9H2,1H3,(H,23,25,26). The van der Waals surface area contributed by atoms with E-state index in [0.717, 1.165) is 18.2 Å². The molecule has 3 heterocycles. The van der Waals surface area contributed by atoms with Gasteiger partial charge in [-0.05, 0) is 24.3 Å². The number of aromatic nitrogens is 4. The van der Waals surface area contributed by atoms with Crippen LogP contribution in [0.15, 0.2) is 47.8 Å². The number of methoxy groups -OCH3 is 1. The topological polar surface area (TPSA) is 119 Å². The van der Waals surface area contributed by atoms with Crippen molar-refractivity contribution in [1.29, 1.82) is 0 Å². The van der Waals surface area contributed by atoms with E-state index < -0.39 is 38.0 Å². The summed E-state index contributed by atoms with van der Waals surface area (Å²) in [5, 5.41) is 7.24. The number of nitrogens with zero attached hydrogens (tertiary/aromatic N) is 3. The van der Waals surface area contributed by atoms with Gasteiger partial charge >= 0.3 is 0 Å². The third-order valence-corrected chi connectivity index (χ3v) is 5.86. The zero-order valence-corrected chi connectivity index (χ0v) is 17.8. The number of ether oxygens (including phenoxy) is 2. The van der Waals surface area contributed by atoms with Gasteiger partial charge in [-0.2, -0.15) is 5.10 Å². The Morgan fingerprint density at radius 3 is 2.75 bits per heavy atom. The lowest BCUT2D eigenvalue weighted by atomic mass is 10.2. The summed E-state index contributed by atoms with van der Waals surface area (Å²) in [6.45, 7) is -0.218. The van der Waals surface area contributed by atoms with Crippen LogP contribution in [-0.2, 0) is 16.6 Å². The summed E-state index contributed by atoms with van der Waals surface area (Å²) < 4.78 is 67.0. The van der Waals surface area contributed by atoms with Crippen LogP contribution in [0.5, 0.6) is 11.6 Å². The van der Waals surface area contributed by atoms with Gasteiger partial charge in [0.15, 0.2) is 27.9 Å². The molecule has 0 aliphatic carbocycles. The van der Waals surface area contributed by atoms with E-state index in [1.165, 1.54) is 19.5 Å². The lowest BCUT2D eigenvalue weighted by Crippen LogP contribution is -2.16. The third-order valence-electron chi connectivity index (χ3n) is 4.29. The fourth-order valence-electron chi connectivity index (χ4n) is 2.81. The first-order chi connectivity index (χ1) is 15.3. The molecule has 0 saturated carbocycles. The van der Waals surface area contributed by atoms with Crippen molar-refractivity contribution in [2.75, 3.05) is 11.8 Å². The Morgan fingerprint density at radius 1 is 1.16 bits per heavy atom. The Balaban J connectivity index is 1.61. The average molecular weight is 482 g/mol. The number of fused-ring (bicyclic) bond motifs is 1. The number of rotatable bonds is 7. The molecule has 3 aromatic heterocycles. The van der Waals surface area contributed by atoms with E-state index in [1.54, 1.807) is 12.3 Å². The van der Waals surface area contributed by atoms with E-state index in [9.17, 15) is 17.2 Å². The van der Waals surface area contributed by atoms with Crippen molar-refractivity contribution in [3.8, 4) is 11.6 Å². The van der Waals surface area contributed by atoms with Crippen molar-refractivity contribution in [2.24, 2.45) is 0 Å². The summed E-state index contributed by atoms with van der Waals surface area (Å²) in [6, 6.07) is 4.58. The van der Waals surface area contributed by atoms with Crippen LogP contribution < -0.4 is 14.2 Å². The third kappa shape index (κ3) is 4.27. The largest absolute Gasteiger partial charge is 0.483 e. The number of anilines is 1. The van der Waals surface area contributed by atoms with Crippen LogP contribution in [0.4, 0.5) is 14.5 Å². The minimum absolute atomic E-state index is 0.0259. The summed E-state index contributed by atoms with van der Waals surface area (Å²) in [5.41, 5.74) is 0.540. The maximum Gasteiger partial charge on any atom is 0.267 e. The second-order valence-corrected chi connectivity index (χ2v) is 8.53. The van der Waals surface area contributed by atoms with Crippen LogP contribution in [0.25, 0.3) is 11.0 Å². The highest BCUT2D eigenvalue weighted by Gasteiger charge is 2.25. The lowest BCUT2D eigenvalue weighted by Gasteiger charge is -2.14. The summed E-state index contributed by atoms with van der Waals surface area (Å²) in [7, 11) is -3.16.